The van der Waals surface area contributed by atoms with Gasteiger partial charge in [0.15, 0.2) is 0 Å². The van der Waals surface area contributed by atoms with Crippen molar-refractivity contribution in [3.8, 4) is 0 Å². The number of benzene rings is 1. The average Bonchev–Trinajstić information content (AvgIpc) is 3.12. The van der Waals surface area contributed by atoms with E-state index in [0.717, 1.165) is 48.4 Å². The second kappa shape index (κ2) is 7.70. The van der Waals surface area contributed by atoms with Gasteiger partial charge in [-0.25, -0.2) is 9.97 Å². The lowest BCUT2D eigenvalue weighted by Gasteiger charge is -2.33. The lowest BCUT2D eigenvalue weighted by Crippen LogP contribution is -2.42. The maximum absolute atomic E-state index is 13.0. The summed E-state index contributed by atoms with van der Waals surface area (Å²) in [6, 6.07) is 7.95. The first-order chi connectivity index (χ1) is 13.5. The predicted octanol–water partition coefficient (Wildman–Crippen LogP) is 2.85. The molecule has 28 heavy (non-hydrogen) atoms. The molecule has 0 bridgehead atoms. The number of amides is 2. The van der Waals surface area contributed by atoms with E-state index in [1.807, 2.05) is 43.0 Å². The Labute approximate surface area is 165 Å². The Kier molecular flexibility index (Phi) is 5.11. The fraction of sp³-hybridized carbons (Fsp3) is 0.455. The Hall–Kier alpha value is -2.76. The summed E-state index contributed by atoms with van der Waals surface area (Å²) in [5.41, 5.74) is 4.25. The molecule has 0 aliphatic carbocycles. The zero-order chi connectivity index (χ0) is 19.7. The summed E-state index contributed by atoms with van der Waals surface area (Å²) in [7, 11) is 0. The van der Waals surface area contributed by atoms with E-state index in [-0.39, 0.29) is 17.7 Å². The van der Waals surface area contributed by atoms with Crippen LogP contribution in [0.1, 0.15) is 42.0 Å². The summed E-state index contributed by atoms with van der Waals surface area (Å²) < 4.78 is 0. The molecule has 1 atom stereocenters. The Morgan fingerprint density at radius 3 is 2.64 bits per heavy atom. The number of nitrogens with zero attached hydrogens (tertiary/aromatic N) is 4. The first-order valence-corrected chi connectivity index (χ1v) is 9.96. The van der Waals surface area contributed by atoms with Crippen molar-refractivity contribution in [3.05, 3.63) is 53.6 Å². The Bertz CT molecular complexity index is 875. The van der Waals surface area contributed by atoms with Crippen molar-refractivity contribution in [2.45, 2.75) is 39.0 Å². The van der Waals surface area contributed by atoms with Gasteiger partial charge in [0.2, 0.25) is 11.8 Å². The number of hydrogen-bond acceptors (Lipinski definition) is 4. The molecule has 3 heterocycles. The van der Waals surface area contributed by atoms with Crippen LogP contribution in [-0.2, 0) is 9.59 Å². The topological polar surface area (TPSA) is 66.4 Å². The molecule has 2 aromatic rings. The highest BCUT2D eigenvalue weighted by Gasteiger charge is 2.38. The third-order valence-electron chi connectivity index (χ3n) is 6.17. The Balaban J connectivity index is 1.40. The van der Waals surface area contributed by atoms with Gasteiger partial charge in [0, 0.05) is 49.6 Å². The molecule has 0 saturated carbocycles. The summed E-state index contributed by atoms with van der Waals surface area (Å²) in [5.74, 6) is 0.289. The normalized spacial score (nSPS) is 20.6. The van der Waals surface area contributed by atoms with Gasteiger partial charge in [0.1, 0.15) is 6.33 Å². The largest absolute Gasteiger partial charge is 0.342 e. The fourth-order valence-electron chi connectivity index (χ4n) is 4.33. The summed E-state index contributed by atoms with van der Waals surface area (Å²) in [5, 5.41) is 0. The first-order valence-electron chi connectivity index (χ1n) is 9.96. The fourth-order valence-corrected chi connectivity index (χ4v) is 4.33. The lowest BCUT2D eigenvalue weighted by molar-refractivity contribution is -0.136. The molecule has 2 amide bonds. The van der Waals surface area contributed by atoms with Crippen molar-refractivity contribution in [2.75, 3.05) is 24.5 Å². The number of anilines is 1. The molecule has 1 unspecified atom stereocenters. The number of carbonyl (C=O) groups excluding carboxylic acids is 2. The van der Waals surface area contributed by atoms with Crippen molar-refractivity contribution >= 4 is 17.5 Å². The number of hydrogen-bond donors (Lipinski definition) is 0. The molecule has 1 aromatic carbocycles. The van der Waals surface area contributed by atoms with Gasteiger partial charge in [-0.05, 0) is 49.9 Å². The molecule has 0 spiro atoms. The number of aromatic nitrogens is 2. The van der Waals surface area contributed by atoms with Crippen LogP contribution in [0.3, 0.4) is 0 Å². The molecule has 6 nitrogen and oxygen atoms in total. The number of aryl methyl sites for hydroxylation is 1. The van der Waals surface area contributed by atoms with Crippen LogP contribution >= 0.6 is 0 Å². The monoisotopic (exact) mass is 378 g/mol. The molecule has 146 valence electrons. The van der Waals surface area contributed by atoms with Crippen molar-refractivity contribution in [1.29, 1.82) is 0 Å². The molecule has 0 N–H and O–H groups in total. The van der Waals surface area contributed by atoms with Crippen LogP contribution in [0.25, 0.3) is 0 Å². The molecule has 2 aliphatic rings. The number of carbonyl (C=O) groups is 2. The molecule has 0 radical (unpaired) electrons. The van der Waals surface area contributed by atoms with Gasteiger partial charge in [0.25, 0.3) is 0 Å². The molecule has 4 rings (SSSR count). The SMILES string of the molecule is Cc1cccc(N2CC(C(=O)N3CCC(c4ccncn4)CC3)CC2=O)c1C. The Morgan fingerprint density at radius 1 is 1.14 bits per heavy atom. The summed E-state index contributed by atoms with van der Waals surface area (Å²) in [4.78, 5) is 37.7. The van der Waals surface area contributed by atoms with Crippen molar-refractivity contribution in [2.24, 2.45) is 5.92 Å². The van der Waals surface area contributed by atoms with Gasteiger partial charge in [-0.1, -0.05) is 12.1 Å². The molecule has 2 fully saturated rings. The van der Waals surface area contributed by atoms with Crippen LogP contribution < -0.4 is 4.90 Å². The average molecular weight is 378 g/mol. The van der Waals surface area contributed by atoms with Gasteiger partial charge in [-0.15, -0.1) is 0 Å². The summed E-state index contributed by atoms with van der Waals surface area (Å²) >= 11 is 0. The molecular formula is C22H26N4O2. The minimum atomic E-state index is -0.247. The summed E-state index contributed by atoms with van der Waals surface area (Å²) in [6.45, 7) is 6.01. The van der Waals surface area contributed by atoms with Gasteiger partial charge in [-0.2, -0.15) is 0 Å². The van der Waals surface area contributed by atoms with Crippen LogP contribution in [0.4, 0.5) is 5.69 Å². The van der Waals surface area contributed by atoms with Gasteiger partial charge in [-0.3, -0.25) is 9.59 Å². The van der Waals surface area contributed by atoms with E-state index in [9.17, 15) is 9.59 Å². The third kappa shape index (κ3) is 3.51. The first kappa shape index (κ1) is 18.6. The quantitative estimate of drug-likeness (QED) is 0.824. The number of rotatable bonds is 3. The van der Waals surface area contributed by atoms with E-state index in [4.69, 9.17) is 0 Å². The second-order valence-corrected chi connectivity index (χ2v) is 7.86. The molecule has 2 saturated heterocycles. The third-order valence-corrected chi connectivity index (χ3v) is 6.17. The maximum atomic E-state index is 13.0. The van der Waals surface area contributed by atoms with Gasteiger partial charge < -0.3 is 9.80 Å². The Morgan fingerprint density at radius 2 is 1.93 bits per heavy atom. The van der Waals surface area contributed by atoms with Crippen LogP contribution in [0, 0.1) is 19.8 Å². The van der Waals surface area contributed by atoms with E-state index < -0.39 is 0 Å². The number of piperidine rings is 1. The highest BCUT2D eigenvalue weighted by Crippen LogP contribution is 2.32. The van der Waals surface area contributed by atoms with Gasteiger partial charge >= 0.3 is 0 Å². The zero-order valence-electron chi connectivity index (χ0n) is 16.5. The van der Waals surface area contributed by atoms with E-state index in [1.54, 1.807) is 17.4 Å². The second-order valence-electron chi connectivity index (χ2n) is 7.86. The predicted molar refractivity (Wildman–Crippen MR) is 107 cm³/mol. The molecule has 6 heteroatoms. The van der Waals surface area contributed by atoms with Crippen molar-refractivity contribution < 1.29 is 9.59 Å². The minimum absolute atomic E-state index is 0.0444. The number of likely N-dealkylation sites (tertiary alicyclic amines) is 1. The highest BCUT2D eigenvalue weighted by atomic mass is 16.2. The van der Waals surface area contributed by atoms with E-state index >= 15 is 0 Å². The standard InChI is InChI=1S/C22H26N4O2/c1-15-4-3-5-20(16(15)2)26-13-18(12-21(26)27)22(28)25-10-7-17(8-11-25)19-6-9-23-14-24-19/h3-6,9,14,17-18H,7-8,10-13H2,1-2H3. The van der Waals surface area contributed by atoms with Crippen molar-refractivity contribution in [3.63, 3.8) is 0 Å². The smallest absolute Gasteiger partial charge is 0.228 e. The molecular weight excluding hydrogens is 352 g/mol. The molecule has 2 aliphatic heterocycles. The van der Waals surface area contributed by atoms with E-state index in [0.29, 0.717) is 18.9 Å². The minimum Gasteiger partial charge on any atom is -0.342 e. The maximum Gasteiger partial charge on any atom is 0.228 e. The summed E-state index contributed by atoms with van der Waals surface area (Å²) in [6.07, 6.45) is 5.47. The van der Waals surface area contributed by atoms with Crippen LogP contribution in [0.5, 0.6) is 0 Å². The van der Waals surface area contributed by atoms with Crippen LogP contribution in [0.2, 0.25) is 0 Å². The zero-order valence-corrected chi connectivity index (χ0v) is 16.5. The van der Waals surface area contributed by atoms with E-state index in [2.05, 4.69) is 9.97 Å². The van der Waals surface area contributed by atoms with Crippen LogP contribution in [-0.4, -0.2) is 46.3 Å². The highest BCUT2D eigenvalue weighted by molar-refractivity contribution is 6.01. The van der Waals surface area contributed by atoms with Crippen LogP contribution in [0.15, 0.2) is 36.8 Å². The van der Waals surface area contributed by atoms with E-state index in [1.165, 1.54) is 0 Å². The lowest BCUT2D eigenvalue weighted by atomic mass is 9.92. The van der Waals surface area contributed by atoms with Crippen molar-refractivity contribution in [1.82, 2.24) is 14.9 Å². The van der Waals surface area contributed by atoms with Gasteiger partial charge in [0.05, 0.1) is 5.92 Å². The molecule has 1 aromatic heterocycles.